The first-order chi connectivity index (χ1) is 10.5. The molecule has 2 N–H and O–H groups in total. The van der Waals surface area contributed by atoms with E-state index in [1.54, 1.807) is 0 Å². The molecule has 1 saturated carbocycles. The number of carboxylic acid groups (broad SMARTS) is 1. The highest BCUT2D eigenvalue weighted by molar-refractivity contribution is 9.10. The molecule has 2 rings (SSSR count). The Morgan fingerprint density at radius 2 is 1.86 bits per heavy atom. The summed E-state index contributed by atoms with van der Waals surface area (Å²) in [6.07, 6.45) is 3.65. The van der Waals surface area contributed by atoms with E-state index in [1.165, 1.54) is 5.56 Å². The highest BCUT2D eigenvalue weighted by Crippen LogP contribution is 2.38. The minimum absolute atomic E-state index is 0.250. The van der Waals surface area contributed by atoms with E-state index < -0.39 is 0 Å². The van der Waals surface area contributed by atoms with Crippen molar-refractivity contribution in [1.29, 1.82) is 0 Å². The average Bonchev–Trinajstić information content (AvgIpc) is 2.47. The fourth-order valence-electron chi connectivity index (χ4n) is 3.03. The highest BCUT2D eigenvalue weighted by Gasteiger charge is 2.30. The van der Waals surface area contributed by atoms with E-state index >= 15 is 0 Å². The fourth-order valence-corrected chi connectivity index (χ4v) is 3.30. The highest BCUT2D eigenvalue weighted by atomic mass is 79.9. The predicted octanol–water partition coefficient (Wildman–Crippen LogP) is 3.82. The summed E-state index contributed by atoms with van der Waals surface area (Å²) < 4.78 is 7.09. The predicted molar refractivity (Wildman–Crippen MR) is 90.0 cm³/mol. The fraction of sp³-hybridized carbons (Fsp3) is 0.588. The van der Waals surface area contributed by atoms with Crippen LogP contribution < -0.4 is 0 Å². The largest absolute Gasteiger partial charge is 0.483 e. The van der Waals surface area contributed by atoms with Gasteiger partial charge in [-0.15, -0.1) is 0 Å². The lowest BCUT2D eigenvalue weighted by atomic mass is 9.77. The Bertz CT molecular complexity index is 433. The van der Waals surface area contributed by atoms with Gasteiger partial charge in [0.05, 0.1) is 12.2 Å². The molecule has 0 bridgehead atoms. The third-order valence-corrected chi connectivity index (χ3v) is 4.35. The Kier molecular flexibility index (Phi) is 8.68. The second-order valence-corrected chi connectivity index (χ2v) is 6.83. The summed E-state index contributed by atoms with van der Waals surface area (Å²) in [5, 5.41) is 16.4. The second-order valence-electron chi connectivity index (χ2n) is 5.92. The van der Waals surface area contributed by atoms with Crippen LogP contribution in [0.15, 0.2) is 28.7 Å². The number of hydrogen-bond donors (Lipinski definition) is 2. The van der Waals surface area contributed by atoms with Crippen molar-refractivity contribution in [2.24, 2.45) is 5.92 Å². The SMILES string of the molecule is CC(C)OC1CC(CO)CC(c2ccc(Br)cc2)C1.O=CO. The molecule has 0 radical (unpaired) electrons. The molecule has 1 aliphatic rings. The maximum absolute atomic E-state index is 9.49. The van der Waals surface area contributed by atoms with Crippen LogP contribution in [0.3, 0.4) is 0 Å². The number of aliphatic hydroxyl groups is 1. The Morgan fingerprint density at radius 3 is 2.36 bits per heavy atom. The zero-order chi connectivity index (χ0) is 16.5. The minimum atomic E-state index is -0.250. The third-order valence-electron chi connectivity index (χ3n) is 3.83. The van der Waals surface area contributed by atoms with Crippen molar-refractivity contribution in [3.8, 4) is 0 Å². The van der Waals surface area contributed by atoms with Crippen molar-refractivity contribution in [2.75, 3.05) is 6.61 Å². The zero-order valence-corrected chi connectivity index (χ0v) is 14.7. The van der Waals surface area contributed by atoms with E-state index in [-0.39, 0.29) is 25.3 Å². The van der Waals surface area contributed by atoms with Crippen molar-refractivity contribution < 1.29 is 19.7 Å². The smallest absolute Gasteiger partial charge is 0.290 e. The van der Waals surface area contributed by atoms with Crippen LogP contribution in [0.1, 0.15) is 44.6 Å². The van der Waals surface area contributed by atoms with E-state index in [9.17, 15) is 5.11 Å². The molecular formula is C17H25BrO4. The van der Waals surface area contributed by atoms with Crippen LogP contribution in [0, 0.1) is 5.92 Å². The molecule has 1 aromatic carbocycles. The zero-order valence-electron chi connectivity index (χ0n) is 13.1. The second kappa shape index (κ2) is 9.98. The number of hydrogen-bond acceptors (Lipinski definition) is 3. The Hall–Kier alpha value is -0.910. The average molecular weight is 373 g/mol. The molecule has 22 heavy (non-hydrogen) atoms. The molecule has 5 heteroatoms. The van der Waals surface area contributed by atoms with Gasteiger partial charge in [0.15, 0.2) is 0 Å². The summed E-state index contributed by atoms with van der Waals surface area (Å²) >= 11 is 3.47. The van der Waals surface area contributed by atoms with E-state index in [4.69, 9.17) is 14.6 Å². The maximum atomic E-state index is 9.49. The normalized spacial score (nSPS) is 24.5. The molecule has 1 aliphatic carbocycles. The molecule has 1 fully saturated rings. The van der Waals surface area contributed by atoms with Gasteiger partial charge in [-0.25, -0.2) is 0 Å². The number of halogens is 1. The number of ether oxygens (including phenoxy) is 1. The lowest BCUT2D eigenvalue weighted by Crippen LogP contribution is -2.31. The third kappa shape index (κ3) is 6.46. The molecule has 0 spiro atoms. The number of rotatable bonds is 4. The number of carbonyl (C=O) groups is 1. The summed E-state index contributed by atoms with van der Waals surface area (Å²) in [6.45, 7) is 4.18. The van der Waals surface area contributed by atoms with Crippen molar-refractivity contribution in [2.45, 2.75) is 51.2 Å². The van der Waals surface area contributed by atoms with Gasteiger partial charge in [0.2, 0.25) is 0 Å². The molecule has 1 aromatic rings. The van der Waals surface area contributed by atoms with Gasteiger partial charge in [-0.2, -0.15) is 0 Å². The molecule has 0 aliphatic heterocycles. The van der Waals surface area contributed by atoms with Crippen LogP contribution in [-0.4, -0.2) is 35.5 Å². The van der Waals surface area contributed by atoms with Crippen LogP contribution in [0.4, 0.5) is 0 Å². The first-order valence-electron chi connectivity index (χ1n) is 7.59. The topological polar surface area (TPSA) is 66.8 Å². The van der Waals surface area contributed by atoms with Crippen molar-refractivity contribution in [1.82, 2.24) is 0 Å². The van der Waals surface area contributed by atoms with Crippen LogP contribution in [0.5, 0.6) is 0 Å². The first kappa shape index (κ1) is 19.1. The van der Waals surface area contributed by atoms with Crippen molar-refractivity contribution in [3.63, 3.8) is 0 Å². The first-order valence-corrected chi connectivity index (χ1v) is 8.39. The standard InChI is InChI=1S/C16H23BrO2.CH2O2/c1-11(2)19-16-8-12(10-18)7-14(9-16)13-3-5-15(17)6-4-13;2-1-3/h3-6,11-12,14,16,18H,7-10H2,1-2H3;1H,(H,2,3). The van der Waals surface area contributed by atoms with Crippen LogP contribution in [0.2, 0.25) is 0 Å². The molecule has 0 heterocycles. The molecule has 0 amide bonds. The lowest BCUT2D eigenvalue weighted by molar-refractivity contribution is -0.122. The van der Waals surface area contributed by atoms with Crippen LogP contribution in [-0.2, 0) is 9.53 Å². The van der Waals surface area contributed by atoms with Crippen LogP contribution in [0.25, 0.3) is 0 Å². The molecule has 3 unspecified atom stereocenters. The van der Waals surface area contributed by atoms with E-state index in [2.05, 4.69) is 54.0 Å². The molecule has 4 nitrogen and oxygen atoms in total. The summed E-state index contributed by atoms with van der Waals surface area (Å²) in [5.74, 6) is 0.869. The number of benzene rings is 1. The van der Waals surface area contributed by atoms with E-state index in [1.807, 2.05) is 0 Å². The molecule has 0 saturated heterocycles. The minimum Gasteiger partial charge on any atom is -0.483 e. The van der Waals surface area contributed by atoms with Gasteiger partial charge in [-0.1, -0.05) is 28.1 Å². The monoisotopic (exact) mass is 372 g/mol. The van der Waals surface area contributed by atoms with Gasteiger partial charge >= 0.3 is 0 Å². The molecule has 0 aromatic heterocycles. The van der Waals surface area contributed by atoms with Crippen molar-refractivity contribution >= 4 is 22.4 Å². The Balaban J connectivity index is 0.000000745. The van der Waals surface area contributed by atoms with Crippen molar-refractivity contribution in [3.05, 3.63) is 34.3 Å². The van der Waals surface area contributed by atoms with Gasteiger partial charge in [-0.3, -0.25) is 4.79 Å². The summed E-state index contributed by atoms with van der Waals surface area (Å²) in [6, 6.07) is 8.55. The Morgan fingerprint density at radius 1 is 1.27 bits per heavy atom. The van der Waals surface area contributed by atoms with E-state index in [0.29, 0.717) is 11.8 Å². The maximum Gasteiger partial charge on any atom is 0.290 e. The molecule has 3 atom stereocenters. The molecular weight excluding hydrogens is 348 g/mol. The summed E-state index contributed by atoms with van der Waals surface area (Å²) in [7, 11) is 0. The van der Waals surface area contributed by atoms with Gasteiger partial charge in [-0.05, 0) is 62.6 Å². The quantitative estimate of drug-likeness (QED) is 0.788. The van der Waals surface area contributed by atoms with Gasteiger partial charge in [0.25, 0.3) is 6.47 Å². The van der Waals surface area contributed by atoms with Gasteiger partial charge < -0.3 is 14.9 Å². The van der Waals surface area contributed by atoms with Gasteiger partial charge in [0.1, 0.15) is 0 Å². The molecule has 124 valence electrons. The number of aliphatic hydroxyl groups excluding tert-OH is 1. The van der Waals surface area contributed by atoms with E-state index in [0.717, 1.165) is 23.7 Å². The van der Waals surface area contributed by atoms with Gasteiger partial charge in [0, 0.05) is 11.1 Å². The van der Waals surface area contributed by atoms with Crippen LogP contribution >= 0.6 is 15.9 Å². The summed E-state index contributed by atoms with van der Waals surface area (Å²) in [5.41, 5.74) is 1.36. The Labute approximate surface area is 140 Å². The lowest BCUT2D eigenvalue weighted by Gasteiger charge is -2.35. The summed E-state index contributed by atoms with van der Waals surface area (Å²) in [4.78, 5) is 8.36.